The van der Waals surface area contributed by atoms with Gasteiger partial charge in [0.05, 0.1) is 11.7 Å². The van der Waals surface area contributed by atoms with E-state index in [1.165, 1.54) is 16.8 Å². The number of nitrogens with one attached hydrogen (secondary N) is 1. The monoisotopic (exact) mass is 250 g/mol. The highest BCUT2D eigenvalue weighted by Crippen LogP contribution is 2.24. The van der Waals surface area contributed by atoms with E-state index >= 15 is 0 Å². The molecule has 0 saturated carbocycles. The quantitative estimate of drug-likeness (QED) is 0.643. The maximum absolute atomic E-state index is 5.68. The Kier molecular flexibility index (Phi) is 3.61. The summed E-state index contributed by atoms with van der Waals surface area (Å²) in [5.41, 5.74) is 7.63. The smallest absolute Gasteiger partial charge is 0.0644 e. The Balaban J connectivity index is 2.29. The predicted octanol–water partition coefficient (Wildman–Crippen LogP) is 1.85. The fourth-order valence-corrected chi connectivity index (χ4v) is 2.86. The molecule has 0 fully saturated rings. The molecule has 1 unspecified atom stereocenters. The molecule has 0 spiro atoms. The van der Waals surface area contributed by atoms with Gasteiger partial charge in [0.1, 0.15) is 0 Å². The standard InChI is InChI=1S/C12H18N4S/c1-8-12(9(2)16(3)15-8)11(14-13)6-10-4-5-17-7-10/h4-5,7,11,14H,6,13H2,1-3H3. The molecule has 4 nitrogen and oxygen atoms in total. The third-order valence-electron chi connectivity index (χ3n) is 3.13. The van der Waals surface area contributed by atoms with Crippen molar-refractivity contribution in [3.8, 4) is 0 Å². The van der Waals surface area contributed by atoms with E-state index in [4.69, 9.17) is 5.84 Å². The van der Waals surface area contributed by atoms with E-state index < -0.39 is 0 Å². The molecule has 0 aliphatic heterocycles. The fraction of sp³-hybridized carbons (Fsp3) is 0.417. The molecular weight excluding hydrogens is 232 g/mol. The van der Waals surface area contributed by atoms with Crippen LogP contribution in [0.4, 0.5) is 0 Å². The Hall–Kier alpha value is -1.17. The minimum atomic E-state index is 0.123. The zero-order valence-electron chi connectivity index (χ0n) is 10.4. The minimum absolute atomic E-state index is 0.123. The van der Waals surface area contributed by atoms with Crippen molar-refractivity contribution in [1.29, 1.82) is 0 Å². The number of rotatable bonds is 4. The first-order valence-electron chi connectivity index (χ1n) is 5.60. The lowest BCUT2D eigenvalue weighted by Crippen LogP contribution is -2.30. The van der Waals surface area contributed by atoms with Gasteiger partial charge in [0, 0.05) is 18.3 Å². The third-order valence-corrected chi connectivity index (χ3v) is 3.87. The van der Waals surface area contributed by atoms with Gasteiger partial charge in [-0.1, -0.05) is 0 Å². The fourth-order valence-electron chi connectivity index (χ4n) is 2.18. The molecule has 0 saturated heterocycles. The van der Waals surface area contributed by atoms with Gasteiger partial charge in [-0.3, -0.25) is 16.0 Å². The van der Waals surface area contributed by atoms with Gasteiger partial charge >= 0.3 is 0 Å². The van der Waals surface area contributed by atoms with E-state index in [0.29, 0.717) is 0 Å². The summed E-state index contributed by atoms with van der Waals surface area (Å²) in [6.45, 7) is 4.10. The van der Waals surface area contributed by atoms with Crippen molar-refractivity contribution < 1.29 is 0 Å². The normalized spacial score (nSPS) is 12.9. The van der Waals surface area contributed by atoms with Gasteiger partial charge in [0.15, 0.2) is 0 Å². The second kappa shape index (κ2) is 5.00. The van der Waals surface area contributed by atoms with Crippen LogP contribution in [0.5, 0.6) is 0 Å². The number of aryl methyl sites for hydroxylation is 2. The van der Waals surface area contributed by atoms with Crippen LogP contribution in [0, 0.1) is 13.8 Å². The van der Waals surface area contributed by atoms with Crippen LogP contribution in [0.1, 0.15) is 28.6 Å². The molecule has 5 heteroatoms. The van der Waals surface area contributed by atoms with Crippen molar-refractivity contribution in [2.24, 2.45) is 12.9 Å². The molecule has 0 aromatic carbocycles. The Morgan fingerprint density at radius 1 is 1.53 bits per heavy atom. The Morgan fingerprint density at radius 3 is 2.76 bits per heavy atom. The van der Waals surface area contributed by atoms with Crippen LogP contribution in [0.25, 0.3) is 0 Å². The van der Waals surface area contributed by atoms with E-state index in [2.05, 4.69) is 34.3 Å². The van der Waals surface area contributed by atoms with Gasteiger partial charge in [-0.2, -0.15) is 16.4 Å². The van der Waals surface area contributed by atoms with Crippen LogP contribution in [0.2, 0.25) is 0 Å². The van der Waals surface area contributed by atoms with E-state index in [1.54, 1.807) is 11.3 Å². The molecule has 0 radical (unpaired) electrons. The Bertz CT molecular complexity index is 487. The maximum atomic E-state index is 5.68. The molecule has 2 aromatic heterocycles. The summed E-state index contributed by atoms with van der Waals surface area (Å²) in [5, 5.41) is 8.68. The summed E-state index contributed by atoms with van der Waals surface area (Å²) < 4.78 is 1.91. The molecular formula is C12H18N4S. The van der Waals surface area contributed by atoms with Crippen molar-refractivity contribution in [2.75, 3.05) is 0 Å². The molecule has 3 N–H and O–H groups in total. The largest absolute Gasteiger partial charge is 0.272 e. The average Bonchev–Trinajstić information content (AvgIpc) is 2.87. The zero-order valence-corrected chi connectivity index (χ0v) is 11.2. The van der Waals surface area contributed by atoms with Crippen molar-refractivity contribution in [3.05, 3.63) is 39.3 Å². The lowest BCUT2D eigenvalue weighted by molar-refractivity contribution is 0.546. The molecule has 1 atom stereocenters. The Morgan fingerprint density at radius 2 is 2.29 bits per heavy atom. The van der Waals surface area contributed by atoms with E-state index in [0.717, 1.165) is 12.1 Å². The van der Waals surface area contributed by atoms with Crippen molar-refractivity contribution in [1.82, 2.24) is 15.2 Å². The summed E-state index contributed by atoms with van der Waals surface area (Å²) in [4.78, 5) is 0. The second-order valence-corrected chi connectivity index (χ2v) is 5.04. The first-order chi connectivity index (χ1) is 8.13. The van der Waals surface area contributed by atoms with Crippen LogP contribution in [0.3, 0.4) is 0 Å². The number of thiophene rings is 1. The summed E-state index contributed by atoms with van der Waals surface area (Å²) in [5.74, 6) is 5.68. The van der Waals surface area contributed by atoms with Crippen LogP contribution >= 0.6 is 11.3 Å². The number of nitrogens with two attached hydrogens (primary N) is 1. The van der Waals surface area contributed by atoms with E-state index in [9.17, 15) is 0 Å². The molecule has 17 heavy (non-hydrogen) atoms. The molecule has 0 aliphatic rings. The van der Waals surface area contributed by atoms with Crippen LogP contribution in [0.15, 0.2) is 16.8 Å². The van der Waals surface area contributed by atoms with Gasteiger partial charge in [0.2, 0.25) is 0 Å². The van der Waals surface area contributed by atoms with E-state index in [-0.39, 0.29) is 6.04 Å². The summed E-state index contributed by atoms with van der Waals surface area (Å²) in [6.07, 6.45) is 0.896. The minimum Gasteiger partial charge on any atom is -0.272 e. The molecule has 92 valence electrons. The first-order valence-corrected chi connectivity index (χ1v) is 6.55. The van der Waals surface area contributed by atoms with Gasteiger partial charge in [0.25, 0.3) is 0 Å². The van der Waals surface area contributed by atoms with Gasteiger partial charge in [-0.05, 0) is 42.7 Å². The number of nitrogens with zero attached hydrogens (tertiary/aromatic N) is 2. The number of hydrazine groups is 1. The van der Waals surface area contributed by atoms with Crippen molar-refractivity contribution >= 4 is 11.3 Å². The third kappa shape index (κ3) is 2.41. The van der Waals surface area contributed by atoms with Crippen molar-refractivity contribution in [2.45, 2.75) is 26.3 Å². The van der Waals surface area contributed by atoms with Gasteiger partial charge in [-0.25, -0.2) is 0 Å². The predicted molar refractivity (Wildman–Crippen MR) is 70.8 cm³/mol. The summed E-state index contributed by atoms with van der Waals surface area (Å²) in [7, 11) is 1.96. The number of hydrogen-bond donors (Lipinski definition) is 2. The lowest BCUT2D eigenvalue weighted by atomic mass is 9.99. The number of hydrogen-bond acceptors (Lipinski definition) is 4. The summed E-state index contributed by atoms with van der Waals surface area (Å²) >= 11 is 1.71. The Labute approximate surface area is 105 Å². The first kappa shape index (κ1) is 12.3. The van der Waals surface area contributed by atoms with Crippen molar-refractivity contribution in [3.63, 3.8) is 0 Å². The summed E-state index contributed by atoms with van der Waals surface area (Å²) in [6, 6.07) is 2.26. The molecule has 0 amide bonds. The zero-order chi connectivity index (χ0) is 12.4. The second-order valence-electron chi connectivity index (χ2n) is 4.26. The van der Waals surface area contributed by atoms with Crippen LogP contribution in [-0.2, 0) is 13.5 Å². The highest BCUT2D eigenvalue weighted by Gasteiger charge is 2.19. The maximum Gasteiger partial charge on any atom is 0.0644 e. The average molecular weight is 250 g/mol. The topological polar surface area (TPSA) is 55.9 Å². The molecule has 0 bridgehead atoms. The van der Waals surface area contributed by atoms with Gasteiger partial charge < -0.3 is 0 Å². The molecule has 2 heterocycles. The van der Waals surface area contributed by atoms with Crippen LogP contribution in [-0.4, -0.2) is 9.78 Å². The molecule has 0 aliphatic carbocycles. The highest BCUT2D eigenvalue weighted by atomic mass is 32.1. The molecule has 2 aromatic rings. The number of aromatic nitrogens is 2. The lowest BCUT2D eigenvalue weighted by Gasteiger charge is -2.16. The molecule has 2 rings (SSSR count). The highest BCUT2D eigenvalue weighted by molar-refractivity contribution is 7.07. The van der Waals surface area contributed by atoms with Crippen LogP contribution < -0.4 is 11.3 Å². The van der Waals surface area contributed by atoms with Gasteiger partial charge in [-0.15, -0.1) is 0 Å². The van der Waals surface area contributed by atoms with E-state index in [1.807, 2.05) is 18.7 Å². The SMILES string of the molecule is Cc1nn(C)c(C)c1C(Cc1ccsc1)NN.